The second-order valence-corrected chi connectivity index (χ2v) is 2.74. The summed E-state index contributed by atoms with van der Waals surface area (Å²) < 4.78 is 10.5. The Balaban J connectivity index is 1.84. The van der Waals surface area contributed by atoms with Crippen LogP contribution in [-0.2, 0) is 14.3 Å². The summed E-state index contributed by atoms with van der Waals surface area (Å²) in [6.07, 6.45) is 3.68. The Morgan fingerprint density at radius 2 is 2.08 bits per heavy atom. The molecule has 1 rings (SSSR count). The molecule has 0 atom stereocenters. The molecule has 4 heteroatoms. The van der Waals surface area contributed by atoms with Gasteiger partial charge in [-0.3, -0.25) is 4.79 Å². The molecule has 0 aliphatic carbocycles. The van der Waals surface area contributed by atoms with Gasteiger partial charge in [-0.2, -0.15) is 0 Å². The van der Waals surface area contributed by atoms with E-state index in [0.29, 0.717) is 0 Å². The Morgan fingerprint density at radius 3 is 2.75 bits per heavy atom. The van der Waals surface area contributed by atoms with Gasteiger partial charge in [0, 0.05) is 6.54 Å². The fraction of sp³-hybridized carbons (Fsp3) is 0.875. The SMILES string of the molecule is O=CNCCCCC1OCCO1. The number of amides is 1. The summed E-state index contributed by atoms with van der Waals surface area (Å²) in [5.41, 5.74) is 0. The lowest BCUT2D eigenvalue weighted by atomic mass is 10.2. The first-order valence-corrected chi connectivity index (χ1v) is 4.33. The van der Waals surface area contributed by atoms with Gasteiger partial charge in [-0.05, 0) is 19.3 Å². The number of unbranched alkanes of at least 4 members (excludes halogenated alkanes) is 1. The van der Waals surface area contributed by atoms with Crippen molar-refractivity contribution in [3.63, 3.8) is 0 Å². The van der Waals surface area contributed by atoms with Gasteiger partial charge in [-0.25, -0.2) is 0 Å². The Labute approximate surface area is 72.2 Å². The largest absolute Gasteiger partial charge is 0.359 e. The van der Waals surface area contributed by atoms with E-state index in [1.54, 1.807) is 0 Å². The van der Waals surface area contributed by atoms with Gasteiger partial charge in [0.05, 0.1) is 13.2 Å². The van der Waals surface area contributed by atoms with Crippen molar-refractivity contribution in [3.8, 4) is 0 Å². The maximum atomic E-state index is 9.86. The number of hydrogen-bond acceptors (Lipinski definition) is 3. The van der Waals surface area contributed by atoms with Crippen LogP contribution in [0.5, 0.6) is 0 Å². The predicted molar refractivity (Wildman–Crippen MR) is 43.6 cm³/mol. The molecule has 0 unspecified atom stereocenters. The van der Waals surface area contributed by atoms with Crippen molar-refractivity contribution in [2.24, 2.45) is 0 Å². The maximum absolute atomic E-state index is 9.86. The van der Waals surface area contributed by atoms with Crippen LogP contribution >= 0.6 is 0 Å². The number of rotatable bonds is 6. The normalized spacial score (nSPS) is 18.0. The summed E-state index contributed by atoms with van der Waals surface area (Å²) in [6.45, 7) is 2.19. The molecule has 0 saturated carbocycles. The van der Waals surface area contributed by atoms with Gasteiger partial charge in [0.15, 0.2) is 6.29 Å². The van der Waals surface area contributed by atoms with E-state index in [0.717, 1.165) is 45.4 Å². The van der Waals surface area contributed by atoms with E-state index in [2.05, 4.69) is 5.32 Å². The number of carbonyl (C=O) groups excluding carboxylic acids is 1. The lowest BCUT2D eigenvalue weighted by molar-refractivity contribution is -0.109. The van der Waals surface area contributed by atoms with E-state index < -0.39 is 0 Å². The number of hydrogen-bond donors (Lipinski definition) is 1. The monoisotopic (exact) mass is 173 g/mol. The molecular weight excluding hydrogens is 158 g/mol. The molecule has 0 aromatic carbocycles. The molecule has 4 nitrogen and oxygen atoms in total. The highest BCUT2D eigenvalue weighted by Gasteiger charge is 2.14. The fourth-order valence-electron chi connectivity index (χ4n) is 1.17. The molecule has 0 radical (unpaired) electrons. The molecule has 0 bridgehead atoms. The van der Waals surface area contributed by atoms with Crippen molar-refractivity contribution in [1.29, 1.82) is 0 Å². The molecule has 1 fully saturated rings. The summed E-state index contributed by atoms with van der Waals surface area (Å²) in [4.78, 5) is 9.86. The zero-order chi connectivity index (χ0) is 8.65. The Bertz CT molecular complexity index is 123. The fourth-order valence-corrected chi connectivity index (χ4v) is 1.17. The summed E-state index contributed by atoms with van der Waals surface area (Å²) >= 11 is 0. The van der Waals surface area contributed by atoms with Crippen molar-refractivity contribution in [3.05, 3.63) is 0 Å². The van der Waals surface area contributed by atoms with Gasteiger partial charge in [0.25, 0.3) is 0 Å². The molecule has 1 N–H and O–H groups in total. The van der Waals surface area contributed by atoms with Crippen molar-refractivity contribution in [1.82, 2.24) is 5.32 Å². The Morgan fingerprint density at radius 1 is 1.33 bits per heavy atom. The van der Waals surface area contributed by atoms with Crippen molar-refractivity contribution < 1.29 is 14.3 Å². The average molecular weight is 173 g/mol. The topological polar surface area (TPSA) is 47.6 Å². The Hall–Kier alpha value is -0.610. The third-order valence-electron chi connectivity index (χ3n) is 1.79. The predicted octanol–water partition coefficient (Wildman–Crippen LogP) is 0.276. The minimum Gasteiger partial charge on any atom is -0.359 e. The molecule has 12 heavy (non-hydrogen) atoms. The van der Waals surface area contributed by atoms with Crippen LogP contribution in [0.2, 0.25) is 0 Å². The van der Waals surface area contributed by atoms with E-state index >= 15 is 0 Å². The summed E-state index contributed by atoms with van der Waals surface area (Å²) in [5.74, 6) is 0. The van der Waals surface area contributed by atoms with Gasteiger partial charge in [0.2, 0.25) is 6.41 Å². The maximum Gasteiger partial charge on any atom is 0.207 e. The summed E-state index contributed by atoms with van der Waals surface area (Å²) in [5, 5.41) is 2.61. The summed E-state index contributed by atoms with van der Waals surface area (Å²) in [6, 6.07) is 0. The third-order valence-corrected chi connectivity index (χ3v) is 1.79. The van der Waals surface area contributed by atoms with Gasteiger partial charge in [0.1, 0.15) is 0 Å². The van der Waals surface area contributed by atoms with Gasteiger partial charge < -0.3 is 14.8 Å². The lowest BCUT2D eigenvalue weighted by Crippen LogP contribution is -2.13. The number of nitrogens with one attached hydrogen (secondary N) is 1. The zero-order valence-corrected chi connectivity index (χ0v) is 7.12. The highest BCUT2D eigenvalue weighted by molar-refractivity contribution is 5.45. The first-order valence-electron chi connectivity index (χ1n) is 4.33. The minimum atomic E-state index is 0.00114. The molecule has 1 amide bonds. The van der Waals surface area contributed by atoms with Gasteiger partial charge >= 0.3 is 0 Å². The van der Waals surface area contributed by atoms with E-state index in [1.165, 1.54) is 0 Å². The standard InChI is InChI=1S/C8H15NO3/c10-7-9-4-2-1-3-8-11-5-6-12-8/h7-8H,1-6H2,(H,9,10). The van der Waals surface area contributed by atoms with Crippen LogP contribution in [0.1, 0.15) is 19.3 Å². The Kier molecular flexibility index (Phi) is 4.71. The van der Waals surface area contributed by atoms with Crippen LogP contribution in [0.25, 0.3) is 0 Å². The third kappa shape index (κ3) is 3.69. The van der Waals surface area contributed by atoms with Crippen molar-refractivity contribution in [2.75, 3.05) is 19.8 Å². The van der Waals surface area contributed by atoms with Crippen LogP contribution in [0.4, 0.5) is 0 Å². The lowest BCUT2D eigenvalue weighted by Gasteiger charge is -2.07. The number of ether oxygens (including phenoxy) is 2. The van der Waals surface area contributed by atoms with Crippen LogP contribution < -0.4 is 5.32 Å². The van der Waals surface area contributed by atoms with Crippen molar-refractivity contribution in [2.45, 2.75) is 25.6 Å². The molecule has 1 aliphatic rings. The highest BCUT2D eigenvalue weighted by atomic mass is 16.7. The van der Waals surface area contributed by atoms with Gasteiger partial charge in [-0.15, -0.1) is 0 Å². The first kappa shape index (κ1) is 9.48. The molecule has 70 valence electrons. The van der Waals surface area contributed by atoms with E-state index in [1.807, 2.05) is 0 Å². The quantitative estimate of drug-likeness (QED) is 0.463. The minimum absolute atomic E-state index is 0.00114. The molecule has 1 heterocycles. The smallest absolute Gasteiger partial charge is 0.207 e. The van der Waals surface area contributed by atoms with E-state index in [4.69, 9.17) is 9.47 Å². The second-order valence-electron chi connectivity index (χ2n) is 2.74. The van der Waals surface area contributed by atoms with E-state index in [9.17, 15) is 4.79 Å². The van der Waals surface area contributed by atoms with Crippen LogP contribution in [0.15, 0.2) is 0 Å². The zero-order valence-electron chi connectivity index (χ0n) is 7.12. The first-order chi connectivity index (χ1) is 5.93. The average Bonchev–Trinajstić information content (AvgIpc) is 2.57. The van der Waals surface area contributed by atoms with Crippen LogP contribution in [0, 0.1) is 0 Å². The van der Waals surface area contributed by atoms with Crippen LogP contribution in [-0.4, -0.2) is 32.5 Å². The number of carbonyl (C=O) groups is 1. The van der Waals surface area contributed by atoms with Crippen molar-refractivity contribution >= 4 is 6.41 Å². The molecular formula is C8H15NO3. The summed E-state index contributed by atoms with van der Waals surface area (Å²) in [7, 11) is 0. The van der Waals surface area contributed by atoms with E-state index in [-0.39, 0.29) is 6.29 Å². The molecule has 0 spiro atoms. The molecule has 0 aromatic rings. The molecule has 1 aliphatic heterocycles. The second kappa shape index (κ2) is 5.97. The highest BCUT2D eigenvalue weighted by Crippen LogP contribution is 2.10. The van der Waals surface area contributed by atoms with Gasteiger partial charge in [-0.1, -0.05) is 0 Å². The molecule has 0 aromatic heterocycles. The van der Waals surface area contributed by atoms with Crippen LogP contribution in [0.3, 0.4) is 0 Å². The molecule has 1 saturated heterocycles.